The van der Waals surface area contributed by atoms with Crippen LogP contribution in [0.3, 0.4) is 0 Å². The molecule has 0 aliphatic carbocycles. The fraction of sp³-hybridized carbons (Fsp3) is 0.625. The number of nitrogens with zero attached hydrogens (tertiary/aromatic N) is 2. The van der Waals surface area contributed by atoms with Gasteiger partial charge in [-0.15, -0.1) is 0 Å². The van der Waals surface area contributed by atoms with Crippen LogP contribution >= 0.6 is 0 Å². The van der Waals surface area contributed by atoms with Gasteiger partial charge in [0.2, 0.25) is 124 Å². The van der Waals surface area contributed by atoms with Crippen LogP contribution in [-0.2, 0) is 120 Å². The van der Waals surface area contributed by atoms with E-state index >= 15 is 0 Å². The van der Waals surface area contributed by atoms with Gasteiger partial charge in [0.05, 0.1) is 37.6 Å². The molecule has 47 heteroatoms. The van der Waals surface area contributed by atoms with Crippen LogP contribution in [0.15, 0.2) is 73.2 Å². The van der Waals surface area contributed by atoms with Crippen LogP contribution in [0.1, 0.15) is 206 Å². The molecule has 794 valence electrons. The molecule has 0 unspecified atom stereocenters. The van der Waals surface area contributed by atoms with E-state index < -0.39 is 288 Å². The number of H-pyrrole nitrogens is 1. The van der Waals surface area contributed by atoms with Crippen molar-refractivity contribution in [3.05, 3.63) is 90.0 Å². The molecule has 143 heavy (non-hydrogen) atoms. The topological polar surface area (TPSA) is 731 Å². The number of aromatic nitrogens is 2. The van der Waals surface area contributed by atoms with Crippen molar-refractivity contribution in [2.75, 3.05) is 26.2 Å². The largest absolute Gasteiger partial charge is 0.394 e. The average molecular weight is 2010 g/mol. The summed E-state index contributed by atoms with van der Waals surface area (Å²) in [4.78, 5) is 298. The van der Waals surface area contributed by atoms with Gasteiger partial charge in [0.25, 0.3) is 0 Å². The summed E-state index contributed by atoms with van der Waals surface area (Å²) in [6.07, 6.45) is 3.87. The number of aromatic amines is 1. The number of hydrogen-bond acceptors (Lipinski definition) is 25. The molecule has 2 aromatic carbocycles. The molecule has 21 amide bonds. The summed E-state index contributed by atoms with van der Waals surface area (Å²) in [5.74, 6) is -21.3. The van der Waals surface area contributed by atoms with E-state index in [0.29, 0.717) is 24.8 Å². The summed E-state index contributed by atoms with van der Waals surface area (Å²) in [7, 11) is 0. The van der Waals surface area contributed by atoms with Crippen molar-refractivity contribution in [2.24, 2.45) is 58.4 Å². The van der Waals surface area contributed by atoms with E-state index in [2.05, 4.69) is 106 Å². The first kappa shape index (κ1) is 122. The number of nitrogens with one attached hydrogen (secondary N) is 19. The van der Waals surface area contributed by atoms with Gasteiger partial charge in [0.15, 0.2) is 0 Å². The van der Waals surface area contributed by atoms with Crippen molar-refractivity contribution in [3.8, 4) is 0 Å². The summed E-state index contributed by atoms with van der Waals surface area (Å²) in [5.41, 5.74) is 24.8. The minimum absolute atomic E-state index is 0.0243. The van der Waals surface area contributed by atoms with E-state index in [0.717, 1.165) is 5.56 Å². The van der Waals surface area contributed by atoms with Crippen LogP contribution in [0, 0.1) is 35.5 Å². The minimum atomic E-state index is -1.78. The number of aliphatic hydroxyl groups is 1. The second-order valence-corrected chi connectivity index (χ2v) is 37.7. The Labute approximate surface area is 834 Å². The highest BCUT2D eigenvalue weighted by molar-refractivity contribution is 6.03. The molecule has 3 aromatic rings. The monoisotopic (exact) mass is 2010 g/mol. The molecule has 47 nitrogen and oxygen atoms in total. The van der Waals surface area contributed by atoms with Crippen LogP contribution < -0.4 is 119 Å². The quantitative estimate of drug-likeness (QED) is 0.0236. The lowest BCUT2D eigenvalue weighted by Gasteiger charge is -2.32. The zero-order chi connectivity index (χ0) is 108. The normalized spacial score (nSPS) is 16.8. The summed E-state index contributed by atoms with van der Waals surface area (Å²) >= 11 is 0. The third-order valence-corrected chi connectivity index (χ3v) is 24.6. The van der Waals surface area contributed by atoms with Gasteiger partial charge in [-0.2, -0.15) is 0 Å². The van der Waals surface area contributed by atoms with E-state index in [1.54, 1.807) is 126 Å². The Balaban J connectivity index is 1.39. The van der Waals surface area contributed by atoms with Crippen molar-refractivity contribution in [1.29, 1.82) is 0 Å². The molecule has 4 rings (SSSR count). The van der Waals surface area contributed by atoms with Gasteiger partial charge < -0.3 is 134 Å². The predicted octanol–water partition coefficient (Wildman–Crippen LogP) is -4.79. The lowest BCUT2D eigenvalue weighted by Crippen LogP contribution is -2.62. The first-order valence-electron chi connectivity index (χ1n) is 48.7. The standard InChI is InChI=1S/C96H153N25O22/c1-19-51(10)75(118-83(130)54(13)104-72(124)45-102-91(138)73(49(6)7)116-85(132)63(98)40-60-31-24-22-25-32-60)93(140)109-56(15)80(127)105-55(14)79(126)106-57(16)82(129)114-68(39-48(4)5)96(143)121-38-30-36-70(121)90(137)113-66(42-62-44-101-47-103-62)88(135)117-74(50(8)9)92(139)120-77(53(12)21-3)95(142)115-69(46-122)89(136)108-59(18)84(131)119-76(52(11)20-2)94(141)110-64(35-28-29-37-97)86(133)112-67(43-71(99)123)87(134)107-58(17)81(128)111-65(78(100)125)41-61-33-26-23-27-34-61/h22-27,31-34,44,47-59,63-70,73-77,122H,19-21,28-30,35-43,45-46,97-98H2,1-18H3,(H2,99,123)(H2,100,125)(H,101,103)(H,102,138)(H,104,124)(H,105,127)(H,106,126)(H,107,134)(H,108,136)(H,109,140)(H,110,141)(H,111,128)(H,112,133)(H,113,137)(H,114,129)(H,115,142)(H,116,132)(H,117,135)(H,118,130)(H,119,131)(H,120,139)/t51-,52-,53-,54-,55-,56-,57-,58-,59-,63-,64-,65-,66-,67-,68-,69-,70-,73-,74-,75-,76-,77-/m0/s1. The Morgan fingerprint density at radius 3 is 1.25 bits per heavy atom. The summed E-state index contributed by atoms with van der Waals surface area (Å²) in [6.45, 7) is 26.6. The number of hydrogen-bond donors (Lipinski definition) is 24. The lowest BCUT2D eigenvalue weighted by molar-refractivity contribution is -0.143. The second-order valence-electron chi connectivity index (χ2n) is 37.7. The first-order chi connectivity index (χ1) is 67.3. The fourth-order valence-corrected chi connectivity index (χ4v) is 15.1. The SMILES string of the molecule is CC[C@H](C)[C@H](NC(=O)[C@H](C)NC(=O)CNC(=O)[C@@H](NC(=O)[C@@H](N)Cc1ccccc1)C(C)C)C(=O)N[C@@H](C)C(=O)N[C@@H](C)C(=O)N[C@@H](C)C(=O)N[C@@H](CC(C)C)C(=O)N1CCC[C@H]1C(=O)N[C@@H](Cc1c[nH]cn1)C(=O)N[C@H](C(=O)N[C@H](C(=O)N[C@@H](CO)C(=O)N[C@@H](C)C(=O)N[C@H](C(=O)N[C@@H](CCCCN)C(=O)N[C@@H](CC(N)=O)C(=O)N[C@@H](C)C(=O)N[C@@H](Cc1ccccc1)C(N)=O)[C@@H](C)CC)[C@@H](C)CC)C(C)C. The number of aliphatic hydroxyl groups excluding tert-OH is 1. The Hall–Kier alpha value is -13.6. The van der Waals surface area contributed by atoms with E-state index in [9.17, 15) is 106 Å². The van der Waals surface area contributed by atoms with Crippen LogP contribution in [0.5, 0.6) is 0 Å². The van der Waals surface area contributed by atoms with Gasteiger partial charge in [-0.25, -0.2) is 4.98 Å². The Morgan fingerprint density at radius 1 is 0.413 bits per heavy atom. The maximum atomic E-state index is 14.8. The van der Waals surface area contributed by atoms with E-state index in [1.807, 2.05) is 18.2 Å². The highest BCUT2D eigenvalue weighted by Crippen LogP contribution is 2.23. The summed E-state index contributed by atoms with van der Waals surface area (Å²) in [5, 5.41) is 56.6. The second kappa shape index (κ2) is 60.6. The van der Waals surface area contributed by atoms with Crippen molar-refractivity contribution in [1.82, 2.24) is 111 Å². The molecule has 0 bridgehead atoms. The minimum Gasteiger partial charge on any atom is -0.394 e. The smallest absolute Gasteiger partial charge is 0.245 e. The highest BCUT2D eigenvalue weighted by atomic mass is 16.3. The molecule has 22 atom stereocenters. The van der Waals surface area contributed by atoms with Gasteiger partial charge in [0.1, 0.15) is 109 Å². The number of likely N-dealkylation sites (tertiary alicyclic amines) is 1. The maximum absolute atomic E-state index is 14.8. The zero-order valence-electron chi connectivity index (χ0n) is 85.1. The fourth-order valence-electron chi connectivity index (χ4n) is 15.1. The van der Waals surface area contributed by atoms with E-state index in [1.165, 1.54) is 59.0 Å². The summed E-state index contributed by atoms with van der Waals surface area (Å²) < 4.78 is 0. The van der Waals surface area contributed by atoms with Gasteiger partial charge in [-0.05, 0) is 140 Å². The molecule has 0 saturated carbocycles. The Kier molecular flexibility index (Phi) is 51.6. The number of nitrogens with two attached hydrogens (primary N) is 4. The van der Waals surface area contributed by atoms with Crippen LogP contribution in [-0.4, -0.2) is 285 Å². The Morgan fingerprint density at radius 2 is 0.797 bits per heavy atom. The van der Waals surface area contributed by atoms with Crippen LogP contribution in [0.4, 0.5) is 0 Å². The first-order valence-corrected chi connectivity index (χ1v) is 48.7. The van der Waals surface area contributed by atoms with Crippen LogP contribution in [0.2, 0.25) is 0 Å². The van der Waals surface area contributed by atoms with Gasteiger partial charge in [-0.3, -0.25) is 101 Å². The number of carbonyl (C=O) groups excluding carboxylic acids is 21. The van der Waals surface area contributed by atoms with Crippen molar-refractivity contribution < 1.29 is 106 Å². The number of primary amides is 2. The number of imidazole rings is 1. The number of amides is 21. The van der Waals surface area contributed by atoms with E-state index in [-0.39, 0.29) is 82.5 Å². The molecular formula is C96H153N25O22. The van der Waals surface area contributed by atoms with Crippen molar-refractivity contribution in [3.63, 3.8) is 0 Å². The molecule has 1 saturated heterocycles. The molecule has 0 radical (unpaired) electrons. The van der Waals surface area contributed by atoms with E-state index in [4.69, 9.17) is 22.9 Å². The third-order valence-electron chi connectivity index (χ3n) is 24.6. The molecule has 1 aromatic heterocycles. The number of unbranched alkanes of at least 4 members (excludes halogenated alkanes) is 1. The average Bonchev–Trinajstić information content (AvgIpc) is 1.68. The van der Waals surface area contributed by atoms with Gasteiger partial charge in [0, 0.05) is 25.6 Å². The highest BCUT2D eigenvalue weighted by Gasteiger charge is 2.44. The molecule has 28 N–H and O–H groups in total. The number of benzene rings is 2. The molecule has 0 spiro atoms. The number of rotatable bonds is 61. The number of carbonyl (C=O) groups is 21. The van der Waals surface area contributed by atoms with Crippen molar-refractivity contribution >= 4 is 124 Å². The maximum Gasteiger partial charge on any atom is 0.245 e. The molecule has 2 heterocycles. The summed E-state index contributed by atoms with van der Waals surface area (Å²) in [6, 6.07) is -8.01. The molecule has 1 fully saturated rings. The zero-order valence-corrected chi connectivity index (χ0v) is 85.1. The molecule has 1 aliphatic rings. The lowest BCUT2D eigenvalue weighted by atomic mass is 9.96. The van der Waals surface area contributed by atoms with Crippen LogP contribution in [0.25, 0.3) is 0 Å². The Bertz CT molecular complexity index is 4800. The van der Waals surface area contributed by atoms with Gasteiger partial charge in [-0.1, -0.05) is 163 Å². The predicted molar refractivity (Wildman–Crippen MR) is 526 cm³/mol. The molecule has 1 aliphatic heterocycles. The third kappa shape index (κ3) is 40.4. The molecular weight excluding hydrogens is 1860 g/mol. The van der Waals surface area contributed by atoms with Gasteiger partial charge >= 0.3 is 0 Å². The van der Waals surface area contributed by atoms with Crippen molar-refractivity contribution in [2.45, 2.75) is 323 Å².